The Morgan fingerprint density at radius 1 is 1.19 bits per heavy atom. The van der Waals surface area contributed by atoms with Crippen LogP contribution in [0.3, 0.4) is 0 Å². The molecule has 0 bridgehead atoms. The summed E-state index contributed by atoms with van der Waals surface area (Å²) in [4.78, 5) is 32.3. The average molecular weight is 534 g/mol. The van der Waals surface area contributed by atoms with Crippen molar-refractivity contribution in [2.75, 3.05) is 11.7 Å². The fraction of sp³-hybridized carbons (Fsp3) is 0.286. The van der Waals surface area contributed by atoms with Gasteiger partial charge in [-0.05, 0) is 0 Å². The van der Waals surface area contributed by atoms with Gasteiger partial charge in [-0.2, -0.15) is 0 Å². The first-order valence-electron chi connectivity index (χ1n) is 9.59. The molecule has 31 heavy (non-hydrogen) atoms. The monoisotopic (exact) mass is 534 g/mol. The van der Waals surface area contributed by atoms with E-state index in [2.05, 4.69) is 0 Å². The molecule has 0 aliphatic carbocycles. The minimum atomic E-state index is -1.75. The third-order valence-electron chi connectivity index (χ3n) is 6.11. The number of aliphatic hydroxyl groups is 1. The van der Waals surface area contributed by atoms with Crippen LogP contribution in [-0.4, -0.2) is 32.4 Å². The van der Waals surface area contributed by atoms with Crippen molar-refractivity contribution in [2.45, 2.75) is 23.3 Å². The molecule has 3 aromatic rings. The van der Waals surface area contributed by atoms with Crippen LogP contribution in [0.1, 0.15) is 22.3 Å². The number of alkyl halides is 2. The summed E-state index contributed by atoms with van der Waals surface area (Å²) in [5.41, 5.74) is 10.1. The van der Waals surface area contributed by atoms with Gasteiger partial charge in [0.15, 0.2) is 0 Å². The van der Waals surface area contributed by atoms with Crippen LogP contribution in [0.25, 0.3) is 22.3 Å². The van der Waals surface area contributed by atoms with Crippen molar-refractivity contribution < 1.29 is 45.3 Å². The van der Waals surface area contributed by atoms with Crippen molar-refractivity contribution in [3.05, 3.63) is 50.8 Å². The molecular weight excluding hydrogens is 517 g/mol. The second kappa shape index (κ2) is 6.40. The van der Waals surface area contributed by atoms with Crippen molar-refractivity contribution >= 4 is 16.9 Å². The molecule has 3 aliphatic heterocycles. The van der Waals surface area contributed by atoms with Gasteiger partial charge in [-0.3, -0.25) is 0 Å². The predicted molar refractivity (Wildman–Crippen MR) is 104 cm³/mol. The Hall–Kier alpha value is -2.70. The van der Waals surface area contributed by atoms with E-state index in [1.807, 2.05) is 12.1 Å². The SMILES string of the molecule is C[I-][C@@]1(O)C(=O)OCc2c1cc1n(c2=O)Cc2c-1nc1cc3c(cc1c2CN)OCO3. The van der Waals surface area contributed by atoms with E-state index >= 15 is 0 Å². The molecular formula is C21H17IN3O6-. The van der Waals surface area contributed by atoms with Gasteiger partial charge >= 0.3 is 186 Å². The molecule has 2 aromatic heterocycles. The number of nitrogens with zero attached hydrogens (tertiary/aromatic N) is 2. The summed E-state index contributed by atoms with van der Waals surface area (Å²) in [6.45, 7) is 0.586. The predicted octanol–water partition coefficient (Wildman–Crippen LogP) is -2.47. The number of hydrogen-bond donors (Lipinski definition) is 2. The van der Waals surface area contributed by atoms with Gasteiger partial charge in [0.2, 0.25) is 0 Å². The molecule has 5 heterocycles. The Labute approximate surface area is 186 Å². The molecule has 9 nitrogen and oxygen atoms in total. The van der Waals surface area contributed by atoms with Gasteiger partial charge < -0.3 is 0 Å². The fourth-order valence-corrected chi connectivity index (χ4v) is 6.19. The molecule has 10 heteroatoms. The van der Waals surface area contributed by atoms with E-state index in [1.165, 1.54) is 0 Å². The number of rotatable bonds is 2. The Balaban J connectivity index is 1.65. The topological polar surface area (TPSA) is 126 Å². The van der Waals surface area contributed by atoms with Crippen molar-refractivity contribution in [3.63, 3.8) is 0 Å². The number of cyclic esters (lactones) is 1. The second-order valence-electron chi connectivity index (χ2n) is 7.54. The van der Waals surface area contributed by atoms with E-state index in [0.717, 1.165) is 16.5 Å². The van der Waals surface area contributed by atoms with Gasteiger partial charge in [0.25, 0.3) is 0 Å². The van der Waals surface area contributed by atoms with Gasteiger partial charge in [0.05, 0.1) is 0 Å². The summed E-state index contributed by atoms with van der Waals surface area (Å²) < 4.78 is 16.0. The first kappa shape index (κ1) is 19.0. The van der Waals surface area contributed by atoms with E-state index in [0.29, 0.717) is 46.1 Å². The molecule has 0 amide bonds. The Bertz CT molecular complexity index is 1380. The number of carbonyl (C=O) groups is 1. The van der Waals surface area contributed by atoms with Gasteiger partial charge in [-0.15, -0.1) is 0 Å². The van der Waals surface area contributed by atoms with Crippen molar-refractivity contribution in [1.29, 1.82) is 0 Å². The molecule has 3 N–H and O–H groups in total. The summed E-state index contributed by atoms with van der Waals surface area (Å²) in [5, 5.41) is 11.9. The van der Waals surface area contributed by atoms with Crippen molar-refractivity contribution in [3.8, 4) is 22.9 Å². The Morgan fingerprint density at radius 3 is 2.71 bits per heavy atom. The number of pyridine rings is 2. The van der Waals surface area contributed by atoms with Crippen LogP contribution in [0, 0.1) is 0 Å². The second-order valence-corrected chi connectivity index (χ2v) is 10.2. The summed E-state index contributed by atoms with van der Waals surface area (Å²) in [5.74, 6) is 0.552. The zero-order valence-electron chi connectivity index (χ0n) is 16.4. The number of halogens is 1. The van der Waals surface area contributed by atoms with Crippen LogP contribution in [0.15, 0.2) is 23.0 Å². The minimum absolute atomic E-state index is 0.143. The molecule has 0 saturated heterocycles. The van der Waals surface area contributed by atoms with Crippen LogP contribution in [0.2, 0.25) is 0 Å². The zero-order valence-corrected chi connectivity index (χ0v) is 18.6. The Morgan fingerprint density at radius 2 is 1.97 bits per heavy atom. The number of aromatic nitrogens is 2. The molecule has 0 fully saturated rings. The normalized spacial score (nSPS) is 20.5. The summed E-state index contributed by atoms with van der Waals surface area (Å²) in [7, 11) is 0. The summed E-state index contributed by atoms with van der Waals surface area (Å²) >= 11 is -0.995. The molecule has 0 spiro atoms. The van der Waals surface area contributed by atoms with E-state index in [1.54, 1.807) is 15.6 Å². The van der Waals surface area contributed by atoms with E-state index in [9.17, 15) is 14.7 Å². The van der Waals surface area contributed by atoms with Crippen molar-refractivity contribution in [1.82, 2.24) is 9.55 Å². The molecule has 6 rings (SSSR count). The standard InChI is InChI=1S/C21H17IN3O6/c1-22-21(28)13-3-15-18-11(6-25(15)19(26)12(13)7-29-20(21)27)10(5-23)9-2-16-17(31-8-30-16)4-14(9)24-18/h2-4,28H,5-8,23H2,1H3/q-1/t21-/m0/s1. The van der Waals surface area contributed by atoms with Gasteiger partial charge in [0, 0.05) is 0 Å². The van der Waals surface area contributed by atoms with Crippen LogP contribution in [-0.2, 0) is 32.8 Å². The summed E-state index contributed by atoms with van der Waals surface area (Å²) in [6.07, 6.45) is 0. The third-order valence-corrected chi connectivity index (χ3v) is 8.69. The summed E-state index contributed by atoms with van der Waals surface area (Å²) in [6, 6.07) is 5.40. The van der Waals surface area contributed by atoms with Crippen LogP contribution in [0.4, 0.5) is 0 Å². The number of esters is 1. The number of benzene rings is 1. The fourth-order valence-electron chi connectivity index (χ4n) is 4.53. The molecule has 160 valence electrons. The third kappa shape index (κ3) is 2.40. The quantitative estimate of drug-likeness (QED) is 0.165. The van der Waals surface area contributed by atoms with Gasteiger partial charge in [0.1, 0.15) is 0 Å². The number of carbonyl (C=O) groups excluding carboxylic acids is 1. The van der Waals surface area contributed by atoms with Crippen LogP contribution >= 0.6 is 0 Å². The number of nitrogens with two attached hydrogens (primary N) is 1. The molecule has 0 unspecified atom stereocenters. The van der Waals surface area contributed by atoms with Crippen molar-refractivity contribution in [2.24, 2.45) is 5.73 Å². The number of hydrogen-bond acceptors (Lipinski definition) is 8. The first-order valence-corrected chi connectivity index (χ1v) is 12.8. The number of ether oxygens (including phenoxy) is 3. The molecule has 1 atom stereocenters. The molecule has 3 aliphatic rings. The maximum atomic E-state index is 13.3. The molecule has 0 radical (unpaired) electrons. The first-order chi connectivity index (χ1) is 15.0. The Kier molecular flexibility index (Phi) is 3.93. The zero-order chi connectivity index (χ0) is 21.5. The van der Waals surface area contributed by atoms with E-state index < -0.39 is 30.8 Å². The van der Waals surface area contributed by atoms with Crippen LogP contribution < -0.4 is 42.0 Å². The van der Waals surface area contributed by atoms with E-state index in [4.69, 9.17) is 24.9 Å². The number of fused-ring (bicyclic) bond motifs is 6. The molecule has 1 aromatic carbocycles. The van der Waals surface area contributed by atoms with E-state index in [-0.39, 0.29) is 25.5 Å². The van der Waals surface area contributed by atoms with Crippen LogP contribution in [0.5, 0.6) is 11.5 Å². The molecule has 0 saturated carbocycles. The van der Waals surface area contributed by atoms with Gasteiger partial charge in [-0.1, -0.05) is 0 Å². The maximum absolute atomic E-state index is 13.3. The van der Waals surface area contributed by atoms with Gasteiger partial charge in [-0.25, -0.2) is 0 Å². The average Bonchev–Trinajstić information content (AvgIpc) is 3.38.